The molecule has 1 rings (SSSR count). The topological polar surface area (TPSA) is 87.2 Å². The highest BCUT2D eigenvalue weighted by molar-refractivity contribution is 5.84. The van der Waals surface area contributed by atoms with Crippen LogP contribution in [0.2, 0.25) is 0 Å². The maximum atomic E-state index is 12.3. The summed E-state index contributed by atoms with van der Waals surface area (Å²) in [6.07, 6.45) is 1.34. The second kappa shape index (κ2) is 7.12. The number of amides is 2. The summed E-state index contributed by atoms with van der Waals surface area (Å²) in [6.45, 7) is 4.15. The molecule has 0 saturated carbocycles. The maximum Gasteiger partial charge on any atom is 0.328 e. The van der Waals surface area contributed by atoms with Gasteiger partial charge < -0.3 is 19.6 Å². The summed E-state index contributed by atoms with van der Waals surface area (Å²) in [5, 5.41) is 8.86. The first-order valence-electron chi connectivity index (χ1n) is 6.79. The molecule has 0 bridgehead atoms. The molecule has 0 aromatic carbocycles. The van der Waals surface area contributed by atoms with Crippen LogP contribution in [0.3, 0.4) is 0 Å². The number of carboxylic acid groups (broad SMARTS) is 1. The molecule has 1 saturated heterocycles. The van der Waals surface area contributed by atoms with Gasteiger partial charge in [0, 0.05) is 20.1 Å². The molecule has 1 aliphatic rings. The number of rotatable bonds is 5. The number of hydrogen-bond acceptors (Lipinski definition) is 4. The van der Waals surface area contributed by atoms with Crippen molar-refractivity contribution in [1.82, 2.24) is 9.80 Å². The molecule has 0 radical (unpaired) electrons. The van der Waals surface area contributed by atoms with Gasteiger partial charge in [0.15, 0.2) is 0 Å². The Morgan fingerprint density at radius 2 is 2.10 bits per heavy atom. The number of urea groups is 1. The molecule has 2 atom stereocenters. The fourth-order valence-corrected chi connectivity index (χ4v) is 2.27. The van der Waals surface area contributed by atoms with E-state index in [-0.39, 0.29) is 19.2 Å². The highest BCUT2D eigenvalue weighted by Crippen LogP contribution is 2.20. The van der Waals surface area contributed by atoms with Gasteiger partial charge in [0.25, 0.3) is 0 Å². The van der Waals surface area contributed by atoms with Gasteiger partial charge in [-0.1, -0.05) is 6.92 Å². The Balaban J connectivity index is 2.65. The molecule has 1 N–H and O–H groups in total. The number of carbonyl (C=O) groups excluding carboxylic acids is 2. The lowest BCUT2D eigenvalue weighted by Gasteiger charge is -2.29. The van der Waals surface area contributed by atoms with Gasteiger partial charge in [0.2, 0.25) is 0 Å². The fourth-order valence-electron chi connectivity index (χ4n) is 2.27. The Kier molecular flexibility index (Phi) is 5.79. The first-order chi connectivity index (χ1) is 9.38. The second-order valence-electron chi connectivity index (χ2n) is 5.01. The van der Waals surface area contributed by atoms with Crippen LogP contribution in [0.4, 0.5) is 4.79 Å². The molecule has 0 aromatic rings. The molecule has 7 heteroatoms. The smallest absolute Gasteiger partial charge is 0.328 e. The molecule has 1 aliphatic heterocycles. The summed E-state index contributed by atoms with van der Waals surface area (Å²) in [7, 11) is 1.54. The van der Waals surface area contributed by atoms with Gasteiger partial charge >= 0.3 is 18.0 Å². The van der Waals surface area contributed by atoms with Crippen LogP contribution < -0.4 is 0 Å². The van der Waals surface area contributed by atoms with E-state index < -0.39 is 23.9 Å². The summed E-state index contributed by atoms with van der Waals surface area (Å²) in [6, 6.07) is -0.876. The van der Waals surface area contributed by atoms with Crippen LogP contribution in [0.25, 0.3) is 0 Å². The van der Waals surface area contributed by atoms with Crippen molar-refractivity contribution in [3.8, 4) is 0 Å². The molecular formula is C13H22N2O5. The predicted molar refractivity (Wildman–Crippen MR) is 71.2 cm³/mol. The van der Waals surface area contributed by atoms with E-state index in [1.165, 1.54) is 9.80 Å². The monoisotopic (exact) mass is 286 g/mol. The quantitative estimate of drug-likeness (QED) is 0.755. The highest BCUT2D eigenvalue weighted by atomic mass is 16.5. The largest absolute Gasteiger partial charge is 0.481 e. The van der Waals surface area contributed by atoms with Crippen LogP contribution in [-0.4, -0.2) is 65.7 Å². The zero-order valence-electron chi connectivity index (χ0n) is 12.2. The van der Waals surface area contributed by atoms with Crippen molar-refractivity contribution in [2.45, 2.75) is 32.7 Å². The van der Waals surface area contributed by atoms with Gasteiger partial charge in [-0.05, 0) is 19.8 Å². The normalized spacial score (nSPS) is 19.6. The van der Waals surface area contributed by atoms with Crippen LogP contribution in [0.1, 0.15) is 26.7 Å². The van der Waals surface area contributed by atoms with Crippen LogP contribution in [-0.2, 0) is 14.3 Å². The Hall–Kier alpha value is -1.79. The van der Waals surface area contributed by atoms with Gasteiger partial charge in [-0.25, -0.2) is 9.59 Å². The zero-order chi connectivity index (χ0) is 15.3. The Bertz CT molecular complexity index is 385. The zero-order valence-corrected chi connectivity index (χ0v) is 12.2. The first kappa shape index (κ1) is 16.3. The van der Waals surface area contributed by atoms with Crippen molar-refractivity contribution < 1.29 is 24.2 Å². The lowest BCUT2D eigenvalue weighted by molar-refractivity contribution is -0.148. The van der Waals surface area contributed by atoms with E-state index >= 15 is 0 Å². The summed E-state index contributed by atoms with van der Waals surface area (Å²) >= 11 is 0. The predicted octanol–water partition coefficient (Wildman–Crippen LogP) is 0.786. The van der Waals surface area contributed by atoms with Crippen molar-refractivity contribution >= 4 is 18.0 Å². The van der Waals surface area contributed by atoms with Gasteiger partial charge in [-0.3, -0.25) is 4.79 Å². The first-order valence-corrected chi connectivity index (χ1v) is 6.79. The minimum absolute atomic E-state index is 0.111. The number of nitrogens with zero attached hydrogens (tertiary/aromatic N) is 2. The molecular weight excluding hydrogens is 264 g/mol. The van der Waals surface area contributed by atoms with Gasteiger partial charge in [-0.2, -0.15) is 0 Å². The number of hydrogen-bond donors (Lipinski definition) is 1. The highest BCUT2D eigenvalue weighted by Gasteiger charge is 2.36. The van der Waals surface area contributed by atoms with Crippen LogP contribution >= 0.6 is 0 Å². The van der Waals surface area contributed by atoms with E-state index in [0.29, 0.717) is 13.0 Å². The molecule has 2 amide bonds. The fraction of sp³-hybridized carbons (Fsp3) is 0.769. The molecule has 0 aliphatic carbocycles. The number of aliphatic carboxylic acids is 1. The number of carbonyl (C=O) groups is 3. The van der Waals surface area contributed by atoms with Crippen molar-refractivity contribution in [2.24, 2.45) is 5.92 Å². The van der Waals surface area contributed by atoms with E-state index in [4.69, 9.17) is 9.84 Å². The number of esters is 1. The molecule has 7 nitrogen and oxygen atoms in total. The number of ether oxygens (including phenoxy) is 1. The van der Waals surface area contributed by atoms with Crippen molar-refractivity contribution in [2.75, 3.05) is 26.7 Å². The van der Waals surface area contributed by atoms with Gasteiger partial charge in [-0.15, -0.1) is 0 Å². The maximum absolute atomic E-state index is 12.3. The Labute approximate surface area is 118 Å². The number of carboxylic acids is 1. The molecule has 1 heterocycles. The third kappa shape index (κ3) is 3.85. The van der Waals surface area contributed by atoms with Crippen molar-refractivity contribution in [1.29, 1.82) is 0 Å². The van der Waals surface area contributed by atoms with Crippen molar-refractivity contribution in [3.05, 3.63) is 0 Å². The Morgan fingerprint density at radius 3 is 2.65 bits per heavy atom. The molecule has 20 heavy (non-hydrogen) atoms. The van der Waals surface area contributed by atoms with E-state index in [1.54, 1.807) is 20.9 Å². The van der Waals surface area contributed by atoms with E-state index in [9.17, 15) is 14.4 Å². The third-order valence-corrected chi connectivity index (χ3v) is 3.35. The van der Waals surface area contributed by atoms with E-state index in [2.05, 4.69) is 0 Å². The van der Waals surface area contributed by atoms with Crippen molar-refractivity contribution in [3.63, 3.8) is 0 Å². The number of likely N-dealkylation sites (tertiary alicyclic amines) is 1. The summed E-state index contributed by atoms with van der Waals surface area (Å²) in [5.41, 5.74) is 0. The molecule has 2 unspecified atom stereocenters. The minimum Gasteiger partial charge on any atom is -0.481 e. The summed E-state index contributed by atoms with van der Waals surface area (Å²) in [4.78, 5) is 37.7. The van der Waals surface area contributed by atoms with E-state index in [0.717, 1.165) is 6.42 Å². The summed E-state index contributed by atoms with van der Waals surface area (Å²) < 4.78 is 4.96. The van der Waals surface area contributed by atoms with Crippen LogP contribution in [0, 0.1) is 5.92 Å². The average Bonchev–Trinajstić information content (AvgIpc) is 2.86. The SMILES string of the molecule is CCOC(=O)C1CCCN1C(=O)N(C)CC(C)C(=O)O. The Morgan fingerprint density at radius 1 is 1.45 bits per heavy atom. The molecule has 1 fully saturated rings. The van der Waals surface area contributed by atoms with Crippen LogP contribution in [0.5, 0.6) is 0 Å². The van der Waals surface area contributed by atoms with Gasteiger partial charge in [0.1, 0.15) is 6.04 Å². The third-order valence-electron chi connectivity index (χ3n) is 3.35. The van der Waals surface area contributed by atoms with Crippen LogP contribution in [0.15, 0.2) is 0 Å². The lowest BCUT2D eigenvalue weighted by atomic mass is 10.2. The van der Waals surface area contributed by atoms with E-state index in [1.807, 2.05) is 0 Å². The average molecular weight is 286 g/mol. The standard InChI is InChI=1S/C13H22N2O5/c1-4-20-12(18)10-6-5-7-15(10)13(19)14(3)8-9(2)11(16)17/h9-10H,4-8H2,1-3H3,(H,16,17). The molecule has 0 spiro atoms. The minimum atomic E-state index is -0.951. The summed E-state index contributed by atoms with van der Waals surface area (Å²) in [5.74, 6) is -1.99. The molecule has 114 valence electrons. The molecule has 0 aromatic heterocycles. The van der Waals surface area contributed by atoms with Gasteiger partial charge in [0.05, 0.1) is 12.5 Å². The lowest BCUT2D eigenvalue weighted by Crippen LogP contribution is -2.48. The second-order valence-corrected chi connectivity index (χ2v) is 5.01.